The second-order valence-corrected chi connectivity index (χ2v) is 8.15. The Balaban J connectivity index is 1.95. The number of hydrogen-bond acceptors (Lipinski definition) is 3. The molecule has 3 N–H and O–H groups in total. The van der Waals surface area contributed by atoms with Crippen molar-refractivity contribution < 1.29 is 9.59 Å². The van der Waals surface area contributed by atoms with Crippen molar-refractivity contribution in [2.75, 3.05) is 20.6 Å². The van der Waals surface area contributed by atoms with E-state index in [4.69, 9.17) is 5.73 Å². The minimum atomic E-state index is -0.425. The van der Waals surface area contributed by atoms with E-state index in [0.717, 1.165) is 12.0 Å². The zero-order valence-electron chi connectivity index (χ0n) is 17.9. The van der Waals surface area contributed by atoms with Crippen molar-refractivity contribution in [1.29, 1.82) is 0 Å². The number of carbonyl (C=O) groups is 2. The van der Waals surface area contributed by atoms with Crippen LogP contribution in [0.15, 0.2) is 54.6 Å². The molecule has 2 aromatic rings. The van der Waals surface area contributed by atoms with E-state index in [1.54, 1.807) is 12.1 Å². The molecule has 156 valence electrons. The van der Waals surface area contributed by atoms with E-state index in [-0.39, 0.29) is 17.9 Å². The molecule has 0 saturated carbocycles. The van der Waals surface area contributed by atoms with Gasteiger partial charge in [0, 0.05) is 24.6 Å². The molecule has 0 aliphatic carbocycles. The molecular formula is C24H33N3O2. The van der Waals surface area contributed by atoms with Crippen molar-refractivity contribution in [1.82, 2.24) is 10.2 Å². The van der Waals surface area contributed by atoms with Gasteiger partial charge in [0.1, 0.15) is 0 Å². The molecule has 0 bridgehead atoms. The highest BCUT2D eigenvalue weighted by molar-refractivity contribution is 5.92. The summed E-state index contributed by atoms with van der Waals surface area (Å²) in [6, 6.07) is 17.7. The van der Waals surface area contributed by atoms with Gasteiger partial charge >= 0.3 is 0 Å². The highest BCUT2D eigenvalue weighted by Crippen LogP contribution is 2.27. The molecule has 0 aliphatic heterocycles. The van der Waals surface area contributed by atoms with Gasteiger partial charge in [0.15, 0.2) is 0 Å². The predicted molar refractivity (Wildman–Crippen MR) is 118 cm³/mol. The second-order valence-electron chi connectivity index (χ2n) is 8.15. The molecular weight excluding hydrogens is 362 g/mol. The molecule has 0 aromatic heterocycles. The molecule has 2 amide bonds. The largest absolute Gasteiger partial charge is 0.366 e. The molecule has 0 radical (unpaired) electrons. The summed E-state index contributed by atoms with van der Waals surface area (Å²) >= 11 is 0. The van der Waals surface area contributed by atoms with Gasteiger partial charge in [-0.3, -0.25) is 9.59 Å². The van der Waals surface area contributed by atoms with E-state index >= 15 is 0 Å². The predicted octanol–water partition coefficient (Wildman–Crippen LogP) is 3.20. The lowest BCUT2D eigenvalue weighted by molar-refractivity contribution is -0.121. The summed E-state index contributed by atoms with van der Waals surface area (Å²) in [6.07, 6.45) is 1.26. The van der Waals surface area contributed by atoms with Crippen LogP contribution in [-0.2, 0) is 11.2 Å². The molecule has 0 heterocycles. The summed E-state index contributed by atoms with van der Waals surface area (Å²) in [6.45, 7) is 4.88. The van der Waals surface area contributed by atoms with Crippen LogP contribution in [0.4, 0.5) is 0 Å². The number of rotatable bonds is 10. The number of carbonyl (C=O) groups excluding carboxylic acids is 2. The number of likely N-dealkylation sites (N-methyl/N-ethyl adjacent to an activating group) is 1. The van der Waals surface area contributed by atoms with Gasteiger partial charge in [-0.05, 0) is 55.6 Å². The number of amides is 2. The maximum Gasteiger partial charge on any atom is 0.248 e. The van der Waals surface area contributed by atoms with Crippen LogP contribution in [0.3, 0.4) is 0 Å². The highest BCUT2D eigenvalue weighted by Gasteiger charge is 2.20. The fourth-order valence-corrected chi connectivity index (χ4v) is 3.46. The van der Waals surface area contributed by atoms with Crippen molar-refractivity contribution in [2.45, 2.75) is 38.6 Å². The fourth-order valence-electron chi connectivity index (χ4n) is 3.46. The second kappa shape index (κ2) is 10.8. The molecule has 5 heteroatoms. The minimum absolute atomic E-state index is 0.0727. The van der Waals surface area contributed by atoms with Gasteiger partial charge in [-0.15, -0.1) is 0 Å². The Bertz CT molecular complexity index is 786. The first kappa shape index (κ1) is 22.6. The zero-order valence-corrected chi connectivity index (χ0v) is 17.9. The van der Waals surface area contributed by atoms with Crippen LogP contribution in [0.1, 0.15) is 47.7 Å². The maximum absolute atomic E-state index is 12.6. The van der Waals surface area contributed by atoms with Crippen LogP contribution in [0, 0.1) is 5.92 Å². The van der Waals surface area contributed by atoms with Crippen molar-refractivity contribution in [3.8, 4) is 0 Å². The minimum Gasteiger partial charge on any atom is -0.366 e. The van der Waals surface area contributed by atoms with Crippen molar-refractivity contribution in [3.63, 3.8) is 0 Å². The van der Waals surface area contributed by atoms with Crippen molar-refractivity contribution in [3.05, 3.63) is 71.3 Å². The SMILES string of the molecule is CC(C)C(CC(=O)NC[C@H](Cc1ccc(C(N)=O)cc1)N(C)C)c1ccccc1. The molecule has 2 aromatic carbocycles. The van der Waals surface area contributed by atoms with E-state index in [9.17, 15) is 9.59 Å². The van der Waals surface area contributed by atoms with Crippen molar-refractivity contribution >= 4 is 11.8 Å². The van der Waals surface area contributed by atoms with Crippen LogP contribution >= 0.6 is 0 Å². The van der Waals surface area contributed by atoms with Gasteiger partial charge in [0.05, 0.1) is 0 Å². The molecule has 0 aliphatic rings. The Hall–Kier alpha value is -2.66. The van der Waals surface area contributed by atoms with Crippen LogP contribution in [0.25, 0.3) is 0 Å². The van der Waals surface area contributed by atoms with E-state index in [1.165, 1.54) is 5.56 Å². The van der Waals surface area contributed by atoms with E-state index in [0.29, 0.717) is 24.4 Å². The van der Waals surface area contributed by atoms with Crippen LogP contribution in [-0.4, -0.2) is 43.4 Å². The normalized spacial score (nSPS) is 13.3. The lowest BCUT2D eigenvalue weighted by Crippen LogP contribution is -2.42. The first-order valence-electron chi connectivity index (χ1n) is 10.1. The van der Waals surface area contributed by atoms with E-state index < -0.39 is 5.91 Å². The van der Waals surface area contributed by atoms with Crippen LogP contribution in [0.2, 0.25) is 0 Å². The Kier molecular flexibility index (Phi) is 8.40. The van der Waals surface area contributed by atoms with Gasteiger partial charge in [0.25, 0.3) is 0 Å². The number of hydrogen-bond donors (Lipinski definition) is 2. The van der Waals surface area contributed by atoms with Crippen LogP contribution < -0.4 is 11.1 Å². The Morgan fingerprint density at radius 1 is 1.00 bits per heavy atom. The topological polar surface area (TPSA) is 75.4 Å². The summed E-state index contributed by atoms with van der Waals surface area (Å²) in [5, 5.41) is 3.11. The standard InChI is InChI=1S/C24H33N3O2/c1-17(2)22(19-8-6-5-7-9-19)15-23(28)26-16-21(27(3)4)14-18-10-12-20(13-11-18)24(25)29/h5-13,17,21-22H,14-16H2,1-4H3,(H2,25,29)(H,26,28)/t21-,22?/m0/s1. The van der Waals surface area contributed by atoms with Gasteiger partial charge in [-0.25, -0.2) is 0 Å². The Morgan fingerprint density at radius 3 is 2.14 bits per heavy atom. The smallest absolute Gasteiger partial charge is 0.248 e. The Morgan fingerprint density at radius 2 is 1.62 bits per heavy atom. The maximum atomic E-state index is 12.6. The lowest BCUT2D eigenvalue weighted by Gasteiger charge is -2.26. The molecule has 29 heavy (non-hydrogen) atoms. The zero-order chi connectivity index (χ0) is 21.4. The highest BCUT2D eigenvalue weighted by atomic mass is 16.1. The summed E-state index contributed by atoms with van der Waals surface area (Å²) in [5.41, 5.74) is 8.12. The van der Waals surface area contributed by atoms with Gasteiger partial charge in [-0.2, -0.15) is 0 Å². The molecule has 2 atom stereocenters. The molecule has 0 spiro atoms. The summed E-state index contributed by atoms with van der Waals surface area (Å²) in [4.78, 5) is 26.0. The summed E-state index contributed by atoms with van der Waals surface area (Å²) < 4.78 is 0. The number of nitrogens with one attached hydrogen (secondary N) is 1. The summed E-state index contributed by atoms with van der Waals surface area (Å²) in [7, 11) is 4.02. The van der Waals surface area contributed by atoms with E-state index in [1.807, 2.05) is 44.4 Å². The molecule has 0 saturated heterocycles. The third-order valence-electron chi connectivity index (χ3n) is 5.41. The van der Waals surface area contributed by atoms with Crippen molar-refractivity contribution in [2.24, 2.45) is 11.7 Å². The number of nitrogens with two attached hydrogens (primary N) is 1. The molecule has 5 nitrogen and oxygen atoms in total. The lowest BCUT2D eigenvalue weighted by atomic mass is 9.85. The first-order chi connectivity index (χ1) is 13.8. The Labute approximate surface area is 174 Å². The number of benzene rings is 2. The van der Waals surface area contributed by atoms with Gasteiger partial charge in [-0.1, -0.05) is 56.3 Å². The van der Waals surface area contributed by atoms with Gasteiger partial charge in [0.2, 0.25) is 11.8 Å². The monoisotopic (exact) mass is 395 g/mol. The quantitative estimate of drug-likeness (QED) is 0.649. The third-order valence-corrected chi connectivity index (χ3v) is 5.41. The van der Waals surface area contributed by atoms with Gasteiger partial charge < -0.3 is 16.0 Å². The third kappa shape index (κ3) is 7.02. The average Bonchev–Trinajstić information content (AvgIpc) is 2.69. The average molecular weight is 396 g/mol. The number of primary amides is 1. The summed E-state index contributed by atoms with van der Waals surface area (Å²) in [5.74, 6) is 0.237. The van der Waals surface area contributed by atoms with E-state index in [2.05, 4.69) is 36.2 Å². The number of nitrogens with zero attached hydrogens (tertiary/aromatic N) is 1. The first-order valence-corrected chi connectivity index (χ1v) is 10.1. The molecule has 2 rings (SSSR count). The fraction of sp³-hybridized carbons (Fsp3) is 0.417. The molecule has 1 unspecified atom stereocenters. The van der Waals surface area contributed by atoms with Crippen LogP contribution in [0.5, 0.6) is 0 Å². The molecule has 0 fully saturated rings.